The van der Waals surface area contributed by atoms with Crippen LogP contribution in [0.3, 0.4) is 0 Å². The summed E-state index contributed by atoms with van der Waals surface area (Å²) < 4.78 is 5.29. The quantitative estimate of drug-likeness (QED) is 0.623. The minimum Gasteiger partial charge on any atom is -0.381 e. The summed E-state index contributed by atoms with van der Waals surface area (Å²) in [5, 5.41) is 0. The van der Waals surface area contributed by atoms with Gasteiger partial charge in [0.15, 0.2) is 0 Å². The molecular weight excluding hydrogens is 270 g/mol. The lowest BCUT2D eigenvalue weighted by molar-refractivity contribution is 0.0286. The first-order chi connectivity index (χ1) is 10.3. The minimum atomic E-state index is 0.490. The van der Waals surface area contributed by atoms with E-state index in [1.54, 1.807) is 0 Å². The molecule has 1 aliphatic heterocycles. The Kier molecular flexibility index (Phi) is 11.4. The molecule has 2 rings (SSSR count). The molecule has 1 heterocycles. The van der Waals surface area contributed by atoms with Crippen LogP contribution >= 0.6 is 0 Å². The lowest BCUT2D eigenvalue weighted by Crippen LogP contribution is -2.31. The molecule has 0 radical (unpaired) electrons. The zero-order chi connectivity index (χ0) is 17.2. The minimum absolute atomic E-state index is 0.490. The molecule has 1 saturated heterocycles. The van der Waals surface area contributed by atoms with Crippen LogP contribution in [0.4, 0.5) is 0 Å². The van der Waals surface area contributed by atoms with Gasteiger partial charge in [0.1, 0.15) is 0 Å². The first-order valence-electron chi connectivity index (χ1n) is 9.55. The summed E-state index contributed by atoms with van der Waals surface area (Å²) in [4.78, 5) is 2.37. The van der Waals surface area contributed by atoms with E-state index >= 15 is 0 Å². The molecule has 0 N–H and O–H groups in total. The number of hydrogen-bond donors (Lipinski definition) is 0. The summed E-state index contributed by atoms with van der Waals surface area (Å²) in [6.07, 6.45) is 8.20. The van der Waals surface area contributed by atoms with Gasteiger partial charge in [0.25, 0.3) is 0 Å². The Balaban J connectivity index is 0.000000360. The maximum Gasteiger partial charge on any atom is 0.0468 e. The van der Waals surface area contributed by atoms with Gasteiger partial charge in [-0.1, -0.05) is 41.5 Å². The van der Waals surface area contributed by atoms with Gasteiger partial charge in [-0.15, -0.1) is 0 Å². The average Bonchev–Trinajstić information content (AvgIpc) is 2.50. The molecule has 1 saturated carbocycles. The second kappa shape index (κ2) is 11.5. The maximum atomic E-state index is 5.29. The van der Waals surface area contributed by atoms with E-state index in [-0.39, 0.29) is 0 Å². The van der Waals surface area contributed by atoms with E-state index in [9.17, 15) is 0 Å². The molecule has 1 aliphatic carbocycles. The van der Waals surface area contributed by atoms with Crippen molar-refractivity contribution in [3.8, 4) is 0 Å². The van der Waals surface area contributed by atoms with E-state index < -0.39 is 0 Å². The van der Waals surface area contributed by atoms with E-state index in [1.807, 2.05) is 13.8 Å². The fourth-order valence-electron chi connectivity index (χ4n) is 3.32. The Bertz CT molecular complexity index is 243. The van der Waals surface area contributed by atoms with Crippen molar-refractivity contribution in [2.75, 3.05) is 27.3 Å². The summed E-state index contributed by atoms with van der Waals surface area (Å²) in [5.41, 5.74) is 0.490. The van der Waals surface area contributed by atoms with Gasteiger partial charge >= 0.3 is 0 Å². The Morgan fingerprint density at radius 2 is 1.27 bits per heavy atom. The Morgan fingerprint density at radius 1 is 0.818 bits per heavy atom. The second-order valence-electron chi connectivity index (χ2n) is 8.13. The van der Waals surface area contributed by atoms with Crippen LogP contribution in [0.25, 0.3) is 0 Å². The van der Waals surface area contributed by atoms with E-state index in [2.05, 4.69) is 46.7 Å². The monoisotopic (exact) mass is 313 g/mol. The maximum absolute atomic E-state index is 5.29. The van der Waals surface area contributed by atoms with Gasteiger partial charge in [0.2, 0.25) is 0 Å². The molecular formula is C20H43NO. The predicted octanol–water partition coefficient (Wildman–Crippen LogP) is 5.61. The third-order valence-electron chi connectivity index (χ3n) is 5.16. The van der Waals surface area contributed by atoms with Crippen LogP contribution in [0.15, 0.2) is 0 Å². The van der Waals surface area contributed by atoms with Crippen molar-refractivity contribution >= 4 is 0 Å². The first kappa shape index (κ1) is 21.9. The Morgan fingerprint density at radius 3 is 1.59 bits per heavy atom. The molecule has 2 fully saturated rings. The van der Waals surface area contributed by atoms with Crippen molar-refractivity contribution in [3.05, 3.63) is 0 Å². The fraction of sp³-hybridized carbons (Fsp3) is 1.00. The van der Waals surface area contributed by atoms with Crippen LogP contribution in [-0.4, -0.2) is 38.3 Å². The fourth-order valence-corrected chi connectivity index (χ4v) is 3.32. The van der Waals surface area contributed by atoms with Gasteiger partial charge in [0.05, 0.1) is 0 Å². The molecule has 2 aliphatic rings. The number of ether oxygens (including phenoxy) is 1. The van der Waals surface area contributed by atoms with Crippen LogP contribution < -0.4 is 0 Å². The second-order valence-corrected chi connectivity index (χ2v) is 8.13. The van der Waals surface area contributed by atoms with Crippen LogP contribution in [0.2, 0.25) is 0 Å². The zero-order valence-electron chi connectivity index (χ0n) is 16.7. The highest BCUT2D eigenvalue weighted by atomic mass is 16.5. The van der Waals surface area contributed by atoms with Crippen molar-refractivity contribution in [3.63, 3.8) is 0 Å². The van der Waals surface area contributed by atoms with Crippen molar-refractivity contribution < 1.29 is 4.74 Å². The highest BCUT2D eigenvalue weighted by Gasteiger charge is 2.26. The molecule has 0 spiro atoms. The lowest BCUT2D eigenvalue weighted by Gasteiger charge is -2.33. The van der Waals surface area contributed by atoms with Crippen molar-refractivity contribution in [2.24, 2.45) is 17.3 Å². The van der Waals surface area contributed by atoms with Gasteiger partial charge in [-0.05, 0) is 69.9 Å². The molecule has 0 aromatic carbocycles. The summed E-state index contributed by atoms with van der Waals surface area (Å²) >= 11 is 0. The summed E-state index contributed by atoms with van der Waals surface area (Å²) in [5.74, 6) is 1.86. The van der Waals surface area contributed by atoms with Crippen molar-refractivity contribution in [1.29, 1.82) is 0 Å². The molecule has 0 amide bonds. The third kappa shape index (κ3) is 9.15. The molecule has 2 heteroatoms. The molecule has 0 aromatic rings. The van der Waals surface area contributed by atoms with Crippen LogP contribution in [0.1, 0.15) is 80.1 Å². The molecule has 0 unspecified atom stereocenters. The SMILES string of the molecule is CC.CC(C)(C)C1CCOCC1.CC1CCC(N(C)C)CC1. The average molecular weight is 314 g/mol. The van der Waals surface area contributed by atoms with E-state index in [0.29, 0.717) is 5.41 Å². The van der Waals surface area contributed by atoms with Crippen molar-refractivity contribution in [1.82, 2.24) is 4.90 Å². The number of hydrogen-bond acceptors (Lipinski definition) is 2. The molecule has 0 aromatic heterocycles. The summed E-state index contributed by atoms with van der Waals surface area (Å²) in [7, 11) is 4.39. The van der Waals surface area contributed by atoms with Crippen LogP contribution in [0, 0.1) is 17.3 Å². The van der Waals surface area contributed by atoms with Crippen LogP contribution in [0.5, 0.6) is 0 Å². The molecule has 0 bridgehead atoms. The van der Waals surface area contributed by atoms with E-state index in [4.69, 9.17) is 4.74 Å². The number of rotatable bonds is 1. The smallest absolute Gasteiger partial charge is 0.0468 e. The highest BCUT2D eigenvalue weighted by Crippen LogP contribution is 2.33. The normalized spacial score (nSPS) is 26.6. The Hall–Kier alpha value is -0.0800. The molecule has 22 heavy (non-hydrogen) atoms. The first-order valence-corrected chi connectivity index (χ1v) is 9.55. The topological polar surface area (TPSA) is 12.5 Å². The lowest BCUT2D eigenvalue weighted by atomic mass is 9.76. The summed E-state index contributed by atoms with van der Waals surface area (Å²) in [6, 6.07) is 0.871. The van der Waals surface area contributed by atoms with Gasteiger partial charge in [-0.3, -0.25) is 0 Å². The molecule has 134 valence electrons. The molecule has 0 atom stereocenters. The van der Waals surface area contributed by atoms with E-state index in [1.165, 1.54) is 38.5 Å². The van der Waals surface area contributed by atoms with Crippen molar-refractivity contribution in [2.45, 2.75) is 86.1 Å². The van der Waals surface area contributed by atoms with Gasteiger partial charge < -0.3 is 9.64 Å². The largest absolute Gasteiger partial charge is 0.381 e. The third-order valence-corrected chi connectivity index (χ3v) is 5.16. The van der Waals surface area contributed by atoms with Gasteiger partial charge in [-0.2, -0.15) is 0 Å². The Labute approximate surface area is 141 Å². The predicted molar refractivity (Wildman–Crippen MR) is 99.5 cm³/mol. The summed E-state index contributed by atoms with van der Waals surface area (Å²) in [6.45, 7) is 15.3. The van der Waals surface area contributed by atoms with Gasteiger partial charge in [-0.25, -0.2) is 0 Å². The number of nitrogens with zero attached hydrogens (tertiary/aromatic N) is 1. The molecule has 2 nitrogen and oxygen atoms in total. The standard InChI is InChI=1S/C9H19N.C9H18O.C2H6/c1-8-4-6-9(7-5-8)10(2)3;1-9(2,3)8-4-6-10-7-5-8;1-2/h8-9H,4-7H2,1-3H3;8H,4-7H2,1-3H3;1-2H3. The van der Waals surface area contributed by atoms with Crippen LogP contribution in [-0.2, 0) is 4.74 Å². The van der Waals surface area contributed by atoms with Gasteiger partial charge in [0, 0.05) is 19.3 Å². The zero-order valence-corrected chi connectivity index (χ0v) is 16.7. The highest BCUT2D eigenvalue weighted by molar-refractivity contribution is 4.76. The van der Waals surface area contributed by atoms with E-state index in [0.717, 1.165) is 31.1 Å².